The topological polar surface area (TPSA) is 20.2 Å². The first-order valence-corrected chi connectivity index (χ1v) is 4.30. The van der Waals surface area contributed by atoms with Crippen LogP contribution < -0.4 is 0 Å². The molecule has 1 nitrogen and oxygen atoms in total. The fraction of sp³-hybridized carbons (Fsp3) is 0.111. The van der Waals surface area contributed by atoms with Crippen LogP contribution in [0.4, 0.5) is 0 Å². The lowest BCUT2D eigenvalue weighted by Crippen LogP contribution is -1.69. The molecule has 0 saturated carbocycles. The van der Waals surface area contributed by atoms with Crippen molar-refractivity contribution in [1.29, 1.82) is 0 Å². The number of fused-ring (bicyclic) bond motifs is 1. The van der Waals surface area contributed by atoms with Crippen LogP contribution in [-0.2, 0) is 6.61 Å². The second-order valence-corrected chi connectivity index (χ2v) is 3.58. The zero-order chi connectivity index (χ0) is 7.68. The van der Waals surface area contributed by atoms with Gasteiger partial charge in [0.1, 0.15) is 0 Å². The van der Waals surface area contributed by atoms with Gasteiger partial charge in [-0.1, -0.05) is 18.2 Å². The molecular formula is C9H9ClOS. The minimum Gasteiger partial charge on any atom is -0.391 e. The van der Waals surface area contributed by atoms with Crippen LogP contribution in [0.2, 0.25) is 0 Å². The molecule has 0 aliphatic carbocycles. The molecule has 0 fully saturated rings. The van der Waals surface area contributed by atoms with Gasteiger partial charge in [0, 0.05) is 9.58 Å². The SMILES string of the molecule is Cl.OCc1cc2ccccc2s1. The Kier molecular flexibility index (Phi) is 3.09. The first-order chi connectivity index (χ1) is 5.40. The summed E-state index contributed by atoms with van der Waals surface area (Å²) < 4.78 is 1.25. The van der Waals surface area contributed by atoms with E-state index in [-0.39, 0.29) is 19.0 Å². The Morgan fingerprint density at radius 2 is 2.00 bits per heavy atom. The summed E-state index contributed by atoms with van der Waals surface area (Å²) in [4.78, 5) is 1.03. The lowest BCUT2D eigenvalue weighted by Gasteiger charge is -1.82. The van der Waals surface area contributed by atoms with Crippen molar-refractivity contribution in [1.82, 2.24) is 0 Å². The lowest BCUT2D eigenvalue weighted by molar-refractivity contribution is 0.285. The minimum atomic E-state index is 0. The zero-order valence-electron chi connectivity index (χ0n) is 6.36. The third kappa shape index (κ3) is 1.61. The Morgan fingerprint density at radius 3 is 2.67 bits per heavy atom. The number of thiophene rings is 1. The van der Waals surface area contributed by atoms with E-state index in [4.69, 9.17) is 5.11 Å². The van der Waals surface area contributed by atoms with E-state index < -0.39 is 0 Å². The van der Waals surface area contributed by atoms with E-state index >= 15 is 0 Å². The number of aliphatic hydroxyl groups is 1. The van der Waals surface area contributed by atoms with Gasteiger partial charge in [0.15, 0.2) is 0 Å². The van der Waals surface area contributed by atoms with Gasteiger partial charge >= 0.3 is 0 Å². The van der Waals surface area contributed by atoms with Gasteiger partial charge in [-0.3, -0.25) is 0 Å². The monoisotopic (exact) mass is 200 g/mol. The third-order valence-corrected chi connectivity index (χ3v) is 2.73. The smallest absolute Gasteiger partial charge is 0.0774 e. The fourth-order valence-electron chi connectivity index (χ4n) is 1.11. The first-order valence-electron chi connectivity index (χ1n) is 3.48. The number of hydrogen-bond acceptors (Lipinski definition) is 2. The molecule has 0 unspecified atom stereocenters. The van der Waals surface area contributed by atoms with E-state index in [2.05, 4.69) is 12.1 Å². The van der Waals surface area contributed by atoms with Gasteiger partial charge in [-0.25, -0.2) is 0 Å². The average Bonchev–Trinajstić information content (AvgIpc) is 2.46. The molecule has 1 aromatic carbocycles. The molecule has 0 amide bonds. The Morgan fingerprint density at radius 1 is 1.25 bits per heavy atom. The zero-order valence-corrected chi connectivity index (χ0v) is 7.99. The van der Waals surface area contributed by atoms with Crippen LogP contribution in [0.25, 0.3) is 10.1 Å². The molecule has 1 N–H and O–H groups in total. The third-order valence-electron chi connectivity index (χ3n) is 1.63. The molecule has 1 heterocycles. The highest BCUT2D eigenvalue weighted by Gasteiger charge is 1.97. The summed E-state index contributed by atoms with van der Waals surface area (Å²) in [5, 5.41) is 10.1. The molecule has 3 heteroatoms. The van der Waals surface area contributed by atoms with E-state index in [1.165, 1.54) is 10.1 Å². The normalized spacial score (nSPS) is 9.75. The second kappa shape index (κ2) is 3.90. The molecule has 0 aliphatic rings. The van der Waals surface area contributed by atoms with E-state index in [1.54, 1.807) is 11.3 Å². The molecule has 0 radical (unpaired) electrons. The van der Waals surface area contributed by atoms with Crippen LogP contribution in [0, 0.1) is 0 Å². The number of halogens is 1. The summed E-state index contributed by atoms with van der Waals surface area (Å²) in [6.45, 7) is 0.152. The van der Waals surface area contributed by atoms with Crippen LogP contribution in [0.1, 0.15) is 4.88 Å². The molecule has 0 saturated heterocycles. The number of hydrogen-bond donors (Lipinski definition) is 1. The predicted octanol–water partition coefficient (Wildman–Crippen LogP) is 2.82. The summed E-state index contributed by atoms with van der Waals surface area (Å²) in [5.41, 5.74) is 0. The number of aliphatic hydroxyl groups excluding tert-OH is 1. The van der Waals surface area contributed by atoms with Gasteiger partial charge in [-0.2, -0.15) is 0 Å². The molecule has 0 atom stereocenters. The molecule has 12 heavy (non-hydrogen) atoms. The average molecular weight is 201 g/mol. The Balaban J connectivity index is 0.000000720. The van der Waals surface area contributed by atoms with Gasteiger partial charge in [-0.15, -0.1) is 23.7 Å². The molecular weight excluding hydrogens is 192 g/mol. The van der Waals surface area contributed by atoms with Crippen LogP contribution in [0.15, 0.2) is 30.3 Å². The van der Waals surface area contributed by atoms with Gasteiger partial charge in [0.05, 0.1) is 6.61 Å². The van der Waals surface area contributed by atoms with Crippen molar-refractivity contribution in [2.24, 2.45) is 0 Å². The summed E-state index contributed by atoms with van der Waals surface area (Å²) in [5.74, 6) is 0. The summed E-state index contributed by atoms with van der Waals surface area (Å²) >= 11 is 1.65. The molecule has 0 spiro atoms. The van der Waals surface area contributed by atoms with Gasteiger partial charge in [-0.05, 0) is 17.5 Å². The van der Waals surface area contributed by atoms with Gasteiger partial charge in [0.25, 0.3) is 0 Å². The van der Waals surface area contributed by atoms with E-state index in [0.29, 0.717) is 0 Å². The van der Waals surface area contributed by atoms with Gasteiger partial charge < -0.3 is 5.11 Å². The minimum absolute atomic E-state index is 0. The lowest BCUT2D eigenvalue weighted by atomic mass is 10.2. The number of rotatable bonds is 1. The summed E-state index contributed by atoms with van der Waals surface area (Å²) in [7, 11) is 0. The van der Waals surface area contributed by atoms with Crippen molar-refractivity contribution >= 4 is 33.8 Å². The van der Waals surface area contributed by atoms with Crippen molar-refractivity contribution in [2.75, 3.05) is 0 Å². The van der Waals surface area contributed by atoms with E-state index in [9.17, 15) is 0 Å². The van der Waals surface area contributed by atoms with Crippen molar-refractivity contribution in [3.8, 4) is 0 Å². The molecule has 1 aromatic heterocycles. The Hall–Kier alpha value is -0.570. The summed E-state index contributed by atoms with van der Waals surface area (Å²) in [6, 6.07) is 10.2. The van der Waals surface area contributed by atoms with Gasteiger partial charge in [0.2, 0.25) is 0 Å². The Labute approximate surface area is 81.1 Å². The molecule has 0 aliphatic heterocycles. The van der Waals surface area contributed by atoms with Crippen LogP contribution in [0.3, 0.4) is 0 Å². The number of benzene rings is 1. The standard InChI is InChI=1S/C9H8OS.ClH/c10-6-8-5-7-3-1-2-4-9(7)11-8;/h1-5,10H,6H2;1H. The molecule has 2 rings (SSSR count). The maximum absolute atomic E-state index is 8.85. The van der Waals surface area contributed by atoms with Crippen molar-refractivity contribution in [3.63, 3.8) is 0 Å². The fourth-order valence-corrected chi connectivity index (χ4v) is 2.04. The Bertz CT molecular complexity index is 336. The second-order valence-electron chi connectivity index (χ2n) is 2.41. The highest BCUT2D eigenvalue weighted by molar-refractivity contribution is 7.19. The quantitative estimate of drug-likeness (QED) is 0.751. The maximum Gasteiger partial charge on any atom is 0.0774 e. The first kappa shape index (κ1) is 9.52. The van der Waals surface area contributed by atoms with Crippen molar-refractivity contribution in [2.45, 2.75) is 6.61 Å². The highest BCUT2D eigenvalue weighted by atomic mass is 35.5. The highest BCUT2D eigenvalue weighted by Crippen LogP contribution is 2.24. The van der Waals surface area contributed by atoms with Crippen LogP contribution in [-0.4, -0.2) is 5.11 Å². The summed E-state index contributed by atoms with van der Waals surface area (Å²) in [6.07, 6.45) is 0. The maximum atomic E-state index is 8.85. The van der Waals surface area contributed by atoms with Crippen LogP contribution in [0.5, 0.6) is 0 Å². The van der Waals surface area contributed by atoms with Crippen LogP contribution >= 0.6 is 23.7 Å². The van der Waals surface area contributed by atoms with Crippen molar-refractivity contribution in [3.05, 3.63) is 35.2 Å². The largest absolute Gasteiger partial charge is 0.391 e. The predicted molar refractivity (Wildman–Crippen MR) is 55.0 cm³/mol. The van der Waals surface area contributed by atoms with E-state index in [1.807, 2.05) is 18.2 Å². The molecule has 2 aromatic rings. The molecule has 64 valence electrons. The van der Waals surface area contributed by atoms with Crippen molar-refractivity contribution < 1.29 is 5.11 Å². The van der Waals surface area contributed by atoms with E-state index in [0.717, 1.165) is 4.88 Å². The molecule has 0 bridgehead atoms.